The van der Waals surface area contributed by atoms with Crippen molar-refractivity contribution >= 4 is 28.5 Å². The molecule has 5 heterocycles. The normalized spacial score (nSPS) is 15.2. The Morgan fingerprint density at radius 1 is 0.966 bits per heavy atom. The lowest BCUT2D eigenvalue weighted by atomic mass is 10.2. The molecule has 1 aliphatic rings. The third-order valence-corrected chi connectivity index (χ3v) is 5.80. The predicted molar refractivity (Wildman–Crippen MR) is 111 cm³/mol. The summed E-state index contributed by atoms with van der Waals surface area (Å²) in [5, 5.41) is 9.93. The highest BCUT2D eigenvalue weighted by molar-refractivity contribution is 7.99. The quantitative estimate of drug-likeness (QED) is 0.447. The van der Waals surface area contributed by atoms with Crippen LogP contribution in [-0.2, 0) is 0 Å². The summed E-state index contributed by atoms with van der Waals surface area (Å²) in [5.41, 5.74) is 1.77. The molecule has 0 unspecified atom stereocenters. The van der Waals surface area contributed by atoms with Gasteiger partial charge in [0, 0.05) is 62.6 Å². The zero-order valence-corrected chi connectivity index (χ0v) is 16.6. The second kappa shape index (κ2) is 8.22. The van der Waals surface area contributed by atoms with Gasteiger partial charge in [0.25, 0.3) is 5.22 Å². The first-order valence-electron chi connectivity index (χ1n) is 9.53. The molecule has 5 rings (SSSR count). The van der Waals surface area contributed by atoms with Gasteiger partial charge in [-0.25, -0.2) is 4.98 Å². The Bertz CT molecular complexity index is 1070. The van der Waals surface area contributed by atoms with Crippen molar-refractivity contribution in [2.75, 3.05) is 43.4 Å². The Morgan fingerprint density at radius 3 is 2.69 bits per heavy atom. The van der Waals surface area contributed by atoms with Gasteiger partial charge in [0.15, 0.2) is 0 Å². The standard InChI is InChI=1S/C20H20N6O2S/c1-5-21-6-2-15(1)19-23-24-20(28-19)29-14-12-25-8-10-26(11-9-25)18-16-4-13-27-17(16)3-7-22-18/h1-7,13H,8-12,14H2. The fourth-order valence-electron chi connectivity index (χ4n) is 3.46. The molecule has 1 fully saturated rings. The minimum Gasteiger partial charge on any atom is -0.464 e. The van der Waals surface area contributed by atoms with Crippen LogP contribution in [0.15, 0.2) is 63.2 Å². The van der Waals surface area contributed by atoms with Crippen molar-refractivity contribution in [3.05, 3.63) is 49.1 Å². The van der Waals surface area contributed by atoms with Crippen LogP contribution in [-0.4, -0.2) is 63.5 Å². The maximum absolute atomic E-state index is 5.74. The van der Waals surface area contributed by atoms with E-state index < -0.39 is 0 Å². The highest BCUT2D eigenvalue weighted by atomic mass is 32.2. The van der Waals surface area contributed by atoms with Gasteiger partial charge in [0.1, 0.15) is 11.4 Å². The summed E-state index contributed by atoms with van der Waals surface area (Å²) in [6.07, 6.45) is 6.97. The van der Waals surface area contributed by atoms with Gasteiger partial charge in [-0.3, -0.25) is 9.88 Å². The van der Waals surface area contributed by atoms with Gasteiger partial charge in [-0.15, -0.1) is 10.2 Å². The molecule has 9 heteroatoms. The SMILES string of the molecule is c1cc(-c2nnc(SCCN3CCN(c4nccc5occc45)CC3)o2)ccn1. The summed E-state index contributed by atoms with van der Waals surface area (Å²) in [6, 6.07) is 7.62. The molecule has 4 aromatic heterocycles. The van der Waals surface area contributed by atoms with Crippen molar-refractivity contribution in [3.63, 3.8) is 0 Å². The maximum atomic E-state index is 5.74. The van der Waals surface area contributed by atoms with E-state index in [1.54, 1.807) is 30.4 Å². The van der Waals surface area contributed by atoms with Crippen LogP contribution in [0.25, 0.3) is 22.4 Å². The lowest BCUT2D eigenvalue weighted by Gasteiger charge is -2.35. The Morgan fingerprint density at radius 2 is 1.83 bits per heavy atom. The summed E-state index contributed by atoms with van der Waals surface area (Å²) in [7, 11) is 0. The van der Waals surface area contributed by atoms with Crippen molar-refractivity contribution in [2.45, 2.75) is 5.22 Å². The predicted octanol–water partition coefficient (Wildman–Crippen LogP) is 3.19. The largest absolute Gasteiger partial charge is 0.464 e. The average molecular weight is 408 g/mol. The number of hydrogen-bond acceptors (Lipinski definition) is 9. The molecule has 148 valence electrons. The number of rotatable bonds is 6. The molecule has 0 radical (unpaired) electrons. The number of aromatic nitrogens is 4. The number of pyridine rings is 2. The first-order chi connectivity index (χ1) is 14.4. The summed E-state index contributed by atoms with van der Waals surface area (Å²) >= 11 is 1.59. The lowest BCUT2D eigenvalue weighted by molar-refractivity contribution is 0.272. The first-order valence-corrected chi connectivity index (χ1v) is 10.5. The third-order valence-electron chi connectivity index (χ3n) is 5.00. The molecule has 0 aliphatic carbocycles. The van der Waals surface area contributed by atoms with Gasteiger partial charge in [0.05, 0.1) is 11.6 Å². The van der Waals surface area contributed by atoms with E-state index in [0.717, 1.165) is 60.8 Å². The molecule has 1 saturated heterocycles. The van der Waals surface area contributed by atoms with Gasteiger partial charge in [-0.1, -0.05) is 11.8 Å². The number of anilines is 1. The fourth-order valence-corrected chi connectivity index (χ4v) is 4.22. The molecule has 0 aromatic carbocycles. The molecule has 4 aromatic rings. The minimum atomic E-state index is 0.532. The Hall–Kier alpha value is -2.91. The number of nitrogens with zero attached hydrogens (tertiary/aromatic N) is 6. The second-order valence-electron chi connectivity index (χ2n) is 6.75. The van der Waals surface area contributed by atoms with Crippen LogP contribution in [0.2, 0.25) is 0 Å². The lowest BCUT2D eigenvalue weighted by Crippen LogP contribution is -2.47. The number of hydrogen-bond donors (Lipinski definition) is 0. The molecule has 1 aliphatic heterocycles. The van der Waals surface area contributed by atoms with Crippen LogP contribution in [0, 0.1) is 0 Å². The fraction of sp³-hybridized carbons (Fsp3) is 0.300. The molecular formula is C20H20N6O2S. The van der Waals surface area contributed by atoms with Crippen LogP contribution in [0.3, 0.4) is 0 Å². The molecular weight excluding hydrogens is 388 g/mol. The van der Waals surface area contributed by atoms with Gasteiger partial charge in [0.2, 0.25) is 5.89 Å². The van der Waals surface area contributed by atoms with Gasteiger partial charge in [-0.05, 0) is 24.3 Å². The summed E-state index contributed by atoms with van der Waals surface area (Å²) < 4.78 is 11.2. The van der Waals surface area contributed by atoms with Crippen molar-refractivity contribution < 1.29 is 8.83 Å². The topological polar surface area (TPSA) is 84.3 Å². The number of piperazine rings is 1. The van der Waals surface area contributed by atoms with Crippen LogP contribution in [0.1, 0.15) is 0 Å². The Kier molecular flexibility index (Phi) is 5.14. The zero-order valence-electron chi connectivity index (χ0n) is 15.8. The highest BCUT2D eigenvalue weighted by Crippen LogP contribution is 2.26. The van der Waals surface area contributed by atoms with Gasteiger partial charge >= 0.3 is 0 Å². The summed E-state index contributed by atoms with van der Waals surface area (Å²) in [6.45, 7) is 4.89. The van der Waals surface area contributed by atoms with Crippen LogP contribution in [0.4, 0.5) is 5.82 Å². The first kappa shape index (κ1) is 18.1. The van der Waals surface area contributed by atoms with Crippen molar-refractivity contribution in [1.82, 2.24) is 25.1 Å². The van der Waals surface area contributed by atoms with E-state index in [9.17, 15) is 0 Å². The summed E-state index contributed by atoms with van der Waals surface area (Å²) in [4.78, 5) is 13.4. The monoisotopic (exact) mass is 408 g/mol. The minimum absolute atomic E-state index is 0.532. The van der Waals surface area contributed by atoms with Crippen LogP contribution >= 0.6 is 11.8 Å². The summed E-state index contributed by atoms with van der Waals surface area (Å²) in [5.74, 6) is 2.46. The van der Waals surface area contributed by atoms with Crippen LogP contribution in [0.5, 0.6) is 0 Å². The smallest absolute Gasteiger partial charge is 0.276 e. The van der Waals surface area contributed by atoms with E-state index in [-0.39, 0.29) is 0 Å². The highest BCUT2D eigenvalue weighted by Gasteiger charge is 2.20. The Balaban J connectivity index is 1.11. The van der Waals surface area contributed by atoms with Gasteiger partial charge in [-0.2, -0.15) is 0 Å². The molecule has 8 nitrogen and oxygen atoms in total. The third kappa shape index (κ3) is 3.96. The van der Waals surface area contributed by atoms with Crippen molar-refractivity contribution in [3.8, 4) is 11.5 Å². The van der Waals surface area contributed by atoms with Crippen molar-refractivity contribution in [1.29, 1.82) is 0 Å². The van der Waals surface area contributed by atoms with E-state index >= 15 is 0 Å². The van der Waals surface area contributed by atoms with E-state index in [1.807, 2.05) is 30.5 Å². The number of thioether (sulfide) groups is 1. The van der Waals surface area contributed by atoms with Crippen molar-refractivity contribution in [2.24, 2.45) is 0 Å². The number of furan rings is 1. The van der Waals surface area contributed by atoms with E-state index in [2.05, 4.69) is 30.0 Å². The average Bonchev–Trinajstić information content (AvgIpc) is 3.44. The van der Waals surface area contributed by atoms with E-state index in [1.165, 1.54) is 0 Å². The van der Waals surface area contributed by atoms with Crippen LogP contribution < -0.4 is 4.90 Å². The number of fused-ring (bicyclic) bond motifs is 1. The van der Waals surface area contributed by atoms with E-state index in [4.69, 9.17) is 8.83 Å². The Labute approximate surface area is 171 Å². The molecule has 0 saturated carbocycles. The molecule has 0 bridgehead atoms. The zero-order chi connectivity index (χ0) is 19.5. The molecule has 29 heavy (non-hydrogen) atoms. The maximum Gasteiger partial charge on any atom is 0.276 e. The molecule has 0 atom stereocenters. The molecule has 0 N–H and O–H groups in total. The molecule has 0 spiro atoms. The second-order valence-corrected chi connectivity index (χ2v) is 7.80. The van der Waals surface area contributed by atoms with E-state index in [0.29, 0.717) is 11.1 Å². The molecule has 0 amide bonds. The van der Waals surface area contributed by atoms with Gasteiger partial charge < -0.3 is 13.7 Å².